The summed E-state index contributed by atoms with van der Waals surface area (Å²) in [7, 11) is 0. The Balaban J connectivity index is 1.60. The summed E-state index contributed by atoms with van der Waals surface area (Å²) >= 11 is 0. The lowest BCUT2D eigenvalue weighted by Crippen LogP contribution is -2.77. The van der Waals surface area contributed by atoms with Crippen molar-refractivity contribution in [1.29, 1.82) is 0 Å². The van der Waals surface area contributed by atoms with Gasteiger partial charge in [-0.15, -0.1) is 0 Å². The number of nitrogens with zero attached hydrogens (tertiary/aromatic N) is 2. The van der Waals surface area contributed by atoms with Crippen molar-refractivity contribution in [2.75, 3.05) is 13.1 Å². The zero-order chi connectivity index (χ0) is 17.5. The number of β-lactam (4-membered cyclic amide) rings is 1. The maximum Gasteiger partial charge on any atom is 0.397 e. The number of amides is 2. The summed E-state index contributed by atoms with van der Waals surface area (Å²) < 4.78 is 37.0. The third-order valence-corrected chi connectivity index (χ3v) is 5.71. The topological polar surface area (TPSA) is 60.9 Å². The van der Waals surface area contributed by atoms with Crippen LogP contribution in [-0.2, 0) is 9.59 Å². The first-order valence-electron chi connectivity index (χ1n) is 8.60. The van der Waals surface area contributed by atoms with E-state index in [1.54, 1.807) is 4.90 Å². The molecular formula is C16H23F3N2O3. The number of hydrogen-bond acceptors (Lipinski definition) is 3. The Morgan fingerprint density at radius 3 is 2.29 bits per heavy atom. The summed E-state index contributed by atoms with van der Waals surface area (Å²) in [4.78, 5) is 26.9. The molecule has 1 spiro atoms. The summed E-state index contributed by atoms with van der Waals surface area (Å²) in [6.07, 6.45) is -1.29. The van der Waals surface area contributed by atoms with Crippen LogP contribution in [0.3, 0.4) is 0 Å². The van der Waals surface area contributed by atoms with Gasteiger partial charge in [-0.3, -0.25) is 9.59 Å². The highest BCUT2D eigenvalue weighted by Gasteiger charge is 2.61. The molecule has 1 N–H and O–H groups in total. The van der Waals surface area contributed by atoms with Crippen molar-refractivity contribution in [3.05, 3.63) is 0 Å². The van der Waals surface area contributed by atoms with E-state index in [1.807, 2.05) is 0 Å². The smallest absolute Gasteiger partial charge is 0.381 e. The predicted molar refractivity (Wildman–Crippen MR) is 78.9 cm³/mol. The molecule has 0 aromatic carbocycles. The van der Waals surface area contributed by atoms with Gasteiger partial charge in [0.05, 0.1) is 5.54 Å². The number of aliphatic hydroxyl groups is 1. The lowest BCUT2D eigenvalue weighted by Gasteiger charge is -2.61. The fraction of sp³-hybridized carbons (Fsp3) is 0.875. The van der Waals surface area contributed by atoms with Crippen molar-refractivity contribution < 1.29 is 27.9 Å². The highest BCUT2D eigenvalue weighted by atomic mass is 19.4. The normalized spacial score (nSPS) is 28.2. The number of rotatable bonds is 2. The van der Waals surface area contributed by atoms with Crippen LogP contribution >= 0.6 is 0 Å². The van der Waals surface area contributed by atoms with Crippen LogP contribution in [0.5, 0.6) is 0 Å². The maximum atomic E-state index is 12.3. The van der Waals surface area contributed by atoms with E-state index in [9.17, 15) is 27.9 Å². The fourth-order valence-electron chi connectivity index (χ4n) is 4.53. The lowest BCUT2D eigenvalue weighted by molar-refractivity contribution is -0.201. The molecule has 1 saturated carbocycles. The van der Waals surface area contributed by atoms with E-state index < -0.39 is 30.1 Å². The molecule has 0 aromatic rings. The molecule has 5 nitrogen and oxygen atoms in total. The van der Waals surface area contributed by atoms with Crippen LogP contribution in [0.4, 0.5) is 13.2 Å². The Labute approximate surface area is 138 Å². The number of aliphatic hydroxyl groups excluding tert-OH is 1. The van der Waals surface area contributed by atoms with Gasteiger partial charge in [0.1, 0.15) is 6.42 Å². The van der Waals surface area contributed by atoms with Gasteiger partial charge in [0.2, 0.25) is 5.91 Å². The number of carbonyl (C=O) groups is 2. The number of halogens is 3. The first-order chi connectivity index (χ1) is 11.2. The first-order valence-corrected chi connectivity index (χ1v) is 8.60. The second kappa shape index (κ2) is 6.20. The van der Waals surface area contributed by atoms with Gasteiger partial charge in [-0.05, 0) is 25.7 Å². The van der Waals surface area contributed by atoms with Crippen molar-refractivity contribution in [3.8, 4) is 0 Å². The molecule has 1 unspecified atom stereocenters. The quantitative estimate of drug-likeness (QED) is 0.775. The number of carbonyl (C=O) groups excluding carboxylic acids is 2. The Bertz CT molecular complexity index is 509. The van der Waals surface area contributed by atoms with E-state index >= 15 is 0 Å². The average Bonchev–Trinajstić information content (AvgIpc) is 2.54. The molecule has 2 amide bonds. The molecule has 3 fully saturated rings. The number of piperidine rings is 1. The average molecular weight is 348 g/mol. The molecule has 0 aromatic heterocycles. The van der Waals surface area contributed by atoms with Crippen molar-refractivity contribution in [1.82, 2.24) is 9.80 Å². The van der Waals surface area contributed by atoms with Crippen molar-refractivity contribution in [2.24, 2.45) is 0 Å². The second-order valence-corrected chi connectivity index (χ2v) is 7.18. The minimum atomic E-state index is -4.49. The van der Waals surface area contributed by atoms with Crippen LogP contribution in [0.2, 0.25) is 0 Å². The zero-order valence-corrected chi connectivity index (χ0v) is 13.5. The van der Waals surface area contributed by atoms with E-state index in [-0.39, 0.29) is 25.0 Å². The molecular weight excluding hydrogens is 325 g/mol. The van der Waals surface area contributed by atoms with Crippen LogP contribution in [0.15, 0.2) is 0 Å². The number of alkyl halides is 3. The number of hydrogen-bond donors (Lipinski definition) is 1. The van der Waals surface area contributed by atoms with Gasteiger partial charge in [-0.2, -0.15) is 13.2 Å². The molecule has 24 heavy (non-hydrogen) atoms. The van der Waals surface area contributed by atoms with Crippen molar-refractivity contribution >= 4 is 11.8 Å². The SMILES string of the molecule is O=C(CC(F)(F)F)N1CCC(N2C(=O)C(O)C23CCCCC3)CC1. The molecule has 0 radical (unpaired) electrons. The Kier molecular flexibility index (Phi) is 4.53. The molecule has 1 aliphatic carbocycles. The van der Waals surface area contributed by atoms with E-state index in [1.165, 1.54) is 4.90 Å². The Hall–Kier alpha value is -1.31. The van der Waals surface area contributed by atoms with Gasteiger partial charge in [-0.1, -0.05) is 19.3 Å². The van der Waals surface area contributed by atoms with Gasteiger partial charge in [0, 0.05) is 19.1 Å². The molecule has 1 atom stereocenters. The van der Waals surface area contributed by atoms with Crippen LogP contribution in [0.25, 0.3) is 0 Å². The van der Waals surface area contributed by atoms with Crippen LogP contribution in [-0.4, -0.2) is 63.7 Å². The molecule has 2 aliphatic heterocycles. The Morgan fingerprint density at radius 2 is 1.75 bits per heavy atom. The molecule has 136 valence electrons. The highest BCUT2D eigenvalue weighted by Crippen LogP contribution is 2.46. The molecule has 3 rings (SSSR count). The van der Waals surface area contributed by atoms with E-state index in [0.29, 0.717) is 12.8 Å². The maximum absolute atomic E-state index is 12.3. The minimum absolute atomic E-state index is 0.0889. The largest absolute Gasteiger partial charge is 0.397 e. The highest BCUT2D eigenvalue weighted by molar-refractivity contribution is 5.90. The predicted octanol–water partition coefficient (Wildman–Crippen LogP) is 1.84. The molecule has 3 aliphatic rings. The van der Waals surface area contributed by atoms with Gasteiger partial charge < -0.3 is 14.9 Å². The molecule has 0 bridgehead atoms. The van der Waals surface area contributed by atoms with Gasteiger partial charge in [0.15, 0.2) is 6.10 Å². The van der Waals surface area contributed by atoms with E-state index in [0.717, 1.165) is 32.1 Å². The van der Waals surface area contributed by atoms with Crippen molar-refractivity contribution in [2.45, 2.75) is 75.2 Å². The standard InChI is InChI=1S/C16H23F3N2O3/c17-16(18,19)10-12(22)20-8-4-11(5-9-20)21-14(24)13(23)15(21)6-2-1-3-7-15/h11,13,23H,1-10H2. The zero-order valence-electron chi connectivity index (χ0n) is 13.5. The van der Waals surface area contributed by atoms with E-state index in [4.69, 9.17) is 0 Å². The van der Waals surface area contributed by atoms with Crippen LogP contribution in [0.1, 0.15) is 51.4 Å². The summed E-state index contributed by atoms with van der Waals surface area (Å²) in [6.45, 7) is 0.463. The van der Waals surface area contributed by atoms with Crippen LogP contribution < -0.4 is 0 Å². The van der Waals surface area contributed by atoms with Gasteiger partial charge in [-0.25, -0.2) is 0 Å². The fourth-order valence-corrected chi connectivity index (χ4v) is 4.53. The monoisotopic (exact) mass is 348 g/mol. The Morgan fingerprint density at radius 1 is 1.17 bits per heavy atom. The first kappa shape index (κ1) is 17.5. The third-order valence-electron chi connectivity index (χ3n) is 5.71. The molecule has 2 saturated heterocycles. The third kappa shape index (κ3) is 3.00. The molecule has 8 heteroatoms. The summed E-state index contributed by atoms with van der Waals surface area (Å²) in [5, 5.41) is 10.2. The van der Waals surface area contributed by atoms with Gasteiger partial charge >= 0.3 is 6.18 Å². The van der Waals surface area contributed by atoms with Crippen LogP contribution in [0, 0.1) is 0 Å². The van der Waals surface area contributed by atoms with E-state index in [2.05, 4.69) is 0 Å². The number of likely N-dealkylation sites (tertiary alicyclic amines) is 2. The summed E-state index contributed by atoms with van der Waals surface area (Å²) in [5.74, 6) is -1.17. The minimum Gasteiger partial charge on any atom is -0.381 e. The molecule has 2 heterocycles. The van der Waals surface area contributed by atoms with Gasteiger partial charge in [0.25, 0.3) is 5.91 Å². The summed E-state index contributed by atoms with van der Waals surface area (Å²) in [6, 6.07) is -0.0889. The lowest BCUT2D eigenvalue weighted by atomic mass is 9.68. The second-order valence-electron chi connectivity index (χ2n) is 7.18. The summed E-state index contributed by atoms with van der Waals surface area (Å²) in [5.41, 5.74) is -0.474. The van der Waals surface area contributed by atoms with Crippen molar-refractivity contribution in [3.63, 3.8) is 0 Å².